The van der Waals surface area contributed by atoms with E-state index in [1.807, 2.05) is 0 Å². The van der Waals surface area contributed by atoms with Crippen LogP contribution in [0.25, 0.3) is 6.08 Å². The van der Waals surface area contributed by atoms with E-state index in [1.165, 1.54) is 18.2 Å². The Kier molecular flexibility index (Phi) is 4.57. The molecule has 3 N–H and O–H groups in total. The van der Waals surface area contributed by atoms with Gasteiger partial charge in [0.15, 0.2) is 0 Å². The monoisotopic (exact) mass is 271 g/mol. The molecule has 0 aliphatic carbocycles. The van der Waals surface area contributed by atoms with Crippen LogP contribution in [-0.4, -0.2) is 10.9 Å². The predicted octanol–water partition coefficient (Wildman–Crippen LogP) is 2.33. The van der Waals surface area contributed by atoms with Crippen molar-refractivity contribution >= 4 is 17.8 Å². The molecule has 2 rings (SSSR count). The molecule has 5 heteroatoms. The van der Waals surface area contributed by atoms with Crippen molar-refractivity contribution in [2.24, 2.45) is 5.73 Å². The number of nitrogens with two attached hydrogens (primary N) is 1. The fourth-order valence-corrected chi connectivity index (χ4v) is 1.53. The lowest BCUT2D eigenvalue weighted by atomic mass is 10.2. The highest BCUT2D eigenvalue weighted by Gasteiger charge is 1.99. The molecule has 1 aromatic carbocycles. The van der Waals surface area contributed by atoms with Gasteiger partial charge in [0.05, 0.1) is 0 Å². The number of rotatable bonds is 4. The predicted molar refractivity (Wildman–Crippen MR) is 76.2 cm³/mol. The van der Waals surface area contributed by atoms with E-state index in [4.69, 9.17) is 5.73 Å². The Morgan fingerprint density at radius 1 is 1.25 bits per heavy atom. The van der Waals surface area contributed by atoms with Crippen LogP contribution in [0.2, 0.25) is 0 Å². The molecule has 0 spiro atoms. The van der Waals surface area contributed by atoms with Crippen LogP contribution in [0, 0.1) is 5.82 Å². The molecule has 20 heavy (non-hydrogen) atoms. The number of nitrogens with one attached hydrogen (secondary N) is 1. The summed E-state index contributed by atoms with van der Waals surface area (Å²) in [4.78, 5) is 15.7. The van der Waals surface area contributed by atoms with E-state index in [1.54, 1.807) is 36.5 Å². The third kappa shape index (κ3) is 4.00. The summed E-state index contributed by atoms with van der Waals surface area (Å²) in [6.45, 7) is 0.408. The van der Waals surface area contributed by atoms with E-state index in [2.05, 4.69) is 10.3 Å². The number of aromatic nitrogens is 1. The molecule has 0 aliphatic rings. The second-order valence-corrected chi connectivity index (χ2v) is 4.13. The smallest absolute Gasteiger partial charge is 0.249 e. The first kappa shape index (κ1) is 13.9. The third-order valence-electron chi connectivity index (χ3n) is 2.61. The van der Waals surface area contributed by atoms with Crippen molar-refractivity contribution in [1.29, 1.82) is 0 Å². The van der Waals surface area contributed by atoms with E-state index < -0.39 is 0 Å². The molecule has 0 radical (unpaired) electrons. The highest BCUT2D eigenvalue weighted by Crippen LogP contribution is 2.06. The number of nitrogens with zero attached hydrogens (tertiary/aromatic N) is 1. The van der Waals surface area contributed by atoms with Gasteiger partial charge >= 0.3 is 0 Å². The molecule has 0 bridgehead atoms. The van der Waals surface area contributed by atoms with Crippen molar-refractivity contribution in [3.05, 3.63) is 65.6 Å². The number of hydrogen-bond acceptors (Lipinski definition) is 3. The lowest BCUT2D eigenvalue weighted by molar-refractivity contribution is -0.111. The zero-order valence-corrected chi connectivity index (χ0v) is 10.7. The van der Waals surface area contributed by atoms with Crippen molar-refractivity contribution in [3.8, 4) is 0 Å². The maximum atomic E-state index is 12.7. The minimum atomic E-state index is -0.309. The minimum absolute atomic E-state index is 0.303. The van der Waals surface area contributed by atoms with Gasteiger partial charge in [0.2, 0.25) is 5.91 Å². The first-order valence-electron chi connectivity index (χ1n) is 6.07. The van der Waals surface area contributed by atoms with Crippen LogP contribution in [0.5, 0.6) is 0 Å². The van der Waals surface area contributed by atoms with Gasteiger partial charge < -0.3 is 11.1 Å². The average Bonchev–Trinajstić information content (AvgIpc) is 2.47. The van der Waals surface area contributed by atoms with Crippen molar-refractivity contribution in [2.45, 2.75) is 6.54 Å². The van der Waals surface area contributed by atoms with E-state index >= 15 is 0 Å². The van der Waals surface area contributed by atoms with Gasteiger partial charge in [-0.15, -0.1) is 0 Å². The van der Waals surface area contributed by atoms with Crippen LogP contribution in [0.15, 0.2) is 48.7 Å². The number of benzene rings is 1. The maximum Gasteiger partial charge on any atom is 0.249 e. The number of pyridine rings is 1. The van der Waals surface area contributed by atoms with Crippen LogP contribution in [0.3, 0.4) is 0 Å². The lowest BCUT2D eigenvalue weighted by Gasteiger charge is -2.02. The third-order valence-corrected chi connectivity index (χ3v) is 2.61. The maximum absolute atomic E-state index is 12.7. The largest absolute Gasteiger partial charge is 0.326 e. The molecule has 0 saturated heterocycles. The Morgan fingerprint density at radius 3 is 2.60 bits per heavy atom. The van der Waals surface area contributed by atoms with Crippen LogP contribution < -0.4 is 11.1 Å². The Morgan fingerprint density at radius 2 is 2.00 bits per heavy atom. The first-order valence-corrected chi connectivity index (χ1v) is 6.07. The van der Waals surface area contributed by atoms with E-state index in [9.17, 15) is 9.18 Å². The summed E-state index contributed by atoms with van der Waals surface area (Å²) in [5, 5.41) is 2.62. The fraction of sp³-hybridized carbons (Fsp3) is 0.0667. The molecule has 1 heterocycles. The second kappa shape index (κ2) is 6.58. The Bertz CT molecular complexity index is 606. The highest BCUT2D eigenvalue weighted by atomic mass is 19.1. The van der Waals surface area contributed by atoms with Gasteiger partial charge in [-0.1, -0.05) is 18.2 Å². The number of carbonyl (C=O) groups is 1. The van der Waals surface area contributed by atoms with Gasteiger partial charge in [0, 0.05) is 18.8 Å². The molecule has 2 aromatic rings. The lowest BCUT2D eigenvalue weighted by Crippen LogP contribution is -2.09. The molecule has 4 nitrogen and oxygen atoms in total. The molecule has 102 valence electrons. The van der Waals surface area contributed by atoms with Crippen LogP contribution in [0.1, 0.15) is 11.1 Å². The summed E-state index contributed by atoms with van der Waals surface area (Å²) < 4.78 is 12.7. The van der Waals surface area contributed by atoms with Gasteiger partial charge in [-0.25, -0.2) is 9.37 Å². The summed E-state index contributed by atoms with van der Waals surface area (Å²) in [6.07, 6.45) is 4.58. The van der Waals surface area contributed by atoms with E-state index in [0.29, 0.717) is 12.4 Å². The Labute approximate surface area is 116 Å². The van der Waals surface area contributed by atoms with Crippen molar-refractivity contribution in [1.82, 2.24) is 4.98 Å². The fourth-order valence-electron chi connectivity index (χ4n) is 1.53. The van der Waals surface area contributed by atoms with Gasteiger partial charge in [-0.3, -0.25) is 4.79 Å². The molecular formula is C15H14FN3O. The summed E-state index contributed by atoms with van der Waals surface area (Å²) in [6, 6.07) is 9.34. The second-order valence-electron chi connectivity index (χ2n) is 4.13. The Balaban J connectivity index is 1.96. The molecule has 0 aliphatic heterocycles. The SMILES string of the molecule is NCc1ccc(NC(=O)/C=C/c2ccc(F)cc2)nc1. The summed E-state index contributed by atoms with van der Waals surface area (Å²) in [5.74, 6) is -0.158. The number of amides is 1. The Hall–Kier alpha value is -2.53. The molecular weight excluding hydrogens is 257 g/mol. The number of anilines is 1. The topological polar surface area (TPSA) is 68.0 Å². The van der Waals surface area contributed by atoms with Crippen molar-refractivity contribution < 1.29 is 9.18 Å². The van der Waals surface area contributed by atoms with E-state index in [-0.39, 0.29) is 11.7 Å². The van der Waals surface area contributed by atoms with Gasteiger partial charge in [-0.2, -0.15) is 0 Å². The minimum Gasteiger partial charge on any atom is -0.326 e. The quantitative estimate of drug-likeness (QED) is 0.839. The molecule has 1 amide bonds. The number of hydrogen-bond donors (Lipinski definition) is 2. The zero-order chi connectivity index (χ0) is 14.4. The average molecular weight is 271 g/mol. The number of halogens is 1. The molecule has 1 aromatic heterocycles. The number of carbonyl (C=O) groups excluding carboxylic acids is 1. The van der Waals surface area contributed by atoms with E-state index in [0.717, 1.165) is 11.1 Å². The van der Waals surface area contributed by atoms with Crippen molar-refractivity contribution in [3.63, 3.8) is 0 Å². The first-order chi connectivity index (χ1) is 9.67. The summed E-state index contributed by atoms with van der Waals surface area (Å²) in [5.41, 5.74) is 7.10. The normalized spacial score (nSPS) is 10.7. The highest BCUT2D eigenvalue weighted by molar-refractivity contribution is 6.01. The zero-order valence-electron chi connectivity index (χ0n) is 10.7. The van der Waals surface area contributed by atoms with Gasteiger partial charge in [0.1, 0.15) is 11.6 Å². The molecule has 0 unspecified atom stereocenters. The standard InChI is InChI=1S/C15H14FN3O/c16-13-5-1-11(2-6-13)4-8-15(20)19-14-7-3-12(9-17)10-18-14/h1-8,10H,9,17H2,(H,18,19,20)/b8-4+. The van der Waals surface area contributed by atoms with Crippen LogP contribution in [-0.2, 0) is 11.3 Å². The molecule has 0 atom stereocenters. The summed E-state index contributed by atoms with van der Waals surface area (Å²) >= 11 is 0. The molecule has 0 saturated carbocycles. The summed E-state index contributed by atoms with van der Waals surface area (Å²) in [7, 11) is 0. The molecule has 0 fully saturated rings. The van der Waals surface area contributed by atoms with Gasteiger partial charge in [0.25, 0.3) is 0 Å². The van der Waals surface area contributed by atoms with Crippen LogP contribution >= 0.6 is 0 Å². The van der Waals surface area contributed by atoms with Gasteiger partial charge in [-0.05, 0) is 35.4 Å². The van der Waals surface area contributed by atoms with Crippen LogP contribution in [0.4, 0.5) is 10.2 Å². The van der Waals surface area contributed by atoms with Crippen molar-refractivity contribution in [2.75, 3.05) is 5.32 Å².